The minimum Gasteiger partial charge on any atom is -0.493 e. The smallest absolute Gasteiger partial charge is 0.169 e. The van der Waals surface area contributed by atoms with Crippen molar-refractivity contribution in [3.63, 3.8) is 0 Å². The average molecular weight is 262 g/mol. The van der Waals surface area contributed by atoms with E-state index in [-0.39, 0.29) is 18.6 Å². The fourth-order valence-electron chi connectivity index (χ4n) is 1.62. The predicted octanol–water partition coefficient (Wildman–Crippen LogP) is 3.62. The van der Waals surface area contributed by atoms with Gasteiger partial charge in [0.05, 0.1) is 12.2 Å². The molecule has 0 saturated carbocycles. The number of ether oxygens (including phenoxy) is 1. The first-order chi connectivity index (χ1) is 9.16. The average Bonchev–Trinajstić information content (AvgIpc) is 2.42. The van der Waals surface area contributed by atoms with Crippen molar-refractivity contribution in [2.45, 2.75) is 6.42 Å². The summed E-state index contributed by atoms with van der Waals surface area (Å²) in [5, 5.41) is 0. The third-order valence-corrected chi connectivity index (χ3v) is 2.57. The molecule has 4 heteroatoms. The van der Waals surface area contributed by atoms with E-state index in [0.29, 0.717) is 5.75 Å². The van der Waals surface area contributed by atoms with E-state index in [9.17, 15) is 13.6 Å². The number of para-hydroxylation sites is 1. The highest BCUT2D eigenvalue weighted by atomic mass is 19.1. The highest BCUT2D eigenvalue weighted by Gasteiger charge is 2.12. The van der Waals surface area contributed by atoms with Crippen LogP contribution in [0, 0.1) is 11.6 Å². The Morgan fingerprint density at radius 2 is 1.79 bits per heavy atom. The molecule has 0 spiro atoms. The van der Waals surface area contributed by atoms with Crippen molar-refractivity contribution in [1.29, 1.82) is 0 Å². The van der Waals surface area contributed by atoms with Crippen LogP contribution in [0.15, 0.2) is 48.5 Å². The van der Waals surface area contributed by atoms with E-state index in [0.717, 1.165) is 18.2 Å². The quantitative estimate of drug-likeness (QED) is 0.769. The molecule has 0 unspecified atom stereocenters. The summed E-state index contributed by atoms with van der Waals surface area (Å²) in [5.41, 5.74) is -0.239. The van der Waals surface area contributed by atoms with Gasteiger partial charge in [0.25, 0.3) is 0 Å². The molecule has 2 rings (SSSR count). The van der Waals surface area contributed by atoms with Gasteiger partial charge >= 0.3 is 0 Å². The Hall–Kier alpha value is -2.23. The van der Waals surface area contributed by atoms with Crippen LogP contribution in [-0.2, 0) is 0 Å². The minimum absolute atomic E-state index is 0.00469. The summed E-state index contributed by atoms with van der Waals surface area (Å²) >= 11 is 0. The summed E-state index contributed by atoms with van der Waals surface area (Å²) in [6, 6.07) is 11.8. The van der Waals surface area contributed by atoms with Crippen molar-refractivity contribution in [1.82, 2.24) is 0 Å². The fraction of sp³-hybridized carbons (Fsp3) is 0.133. The highest BCUT2D eigenvalue weighted by Crippen LogP contribution is 2.13. The normalized spacial score (nSPS) is 10.2. The van der Waals surface area contributed by atoms with E-state index >= 15 is 0 Å². The second-order valence-electron chi connectivity index (χ2n) is 3.96. The van der Waals surface area contributed by atoms with Gasteiger partial charge in [-0.2, -0.15) is 0 Å². The second-order valence-corrected chi connectivity index (χ2v) is 3.96. The largest absolute Gasteiger partial charge is 0.493 e. The summed E-state index contributed by atoms with van der Waals surface area (Å²) in [6.45, 7) is 0.124. The zero-order valence-electron chi connectivity index (χ0n) is 10.1. The SMILES string of the molecule is O=C(CCOc1ccccc1)c1cc(F)ccc1F. The predicted molar refractivity (Wildman–Crippen MR) is 67.2 cm³/mol. The maximum absolute atomic E-state index is 13.3. The van der Waals surface area contributed by atoms with Crippen molar-refractivity contribution in [2.24, 2.45) is 0 Å². The van der Waals surface area contributed by atoms with Gasteiger partial charge in [0.1, 0.15) is 17.4 Å². The third-order valence-electron chi connectivity index (χ3n) is 2.57. The first-order valence-corrected chi connectivity index (χ1v) is 5.83. The van der Waals surface area contributed by atoms with Crippen LogP contribution in [0.4, 0.5) is 8.78 Å². The van der Waals surface area contributed by atoms with Gasteiger partial charge in [-0.05, 0) is 30.3 Å². The lowest BCUT2D eigenvalue weighted by Gasteiger charge is -2.06. The Bertz CT molecular complexity index is 568. The van der Waals surface area contributed by atoms with Crippen LogP contribution in [0.1, 0.15) is 16.8 Å². The monoisotopic (exact) mass is 262 g/mol. The third kappa shape index (κ3) is 3.61. The molecule has 0 N–H and O–H groups in total. The number of rotatable bonds is 5. The van der Waals surface area contributed by atoms with E-state index in [2.05, 4.69) is 0 Å². The van der Waals surface area contributed by atoms with E-state index in [1.165, 1.54) is 0 Å². The first kappa shape index (κ1) is 13.2. The lowest BCUT2D eigenvalue weighted by Crippen LogP contribution is -2.08. The van der Waals surface area contributed by atoms with Crippen LogP contribution in [-0.4, -0.2) is 12.4 Å². The van der Waals surface area contributed by atoms with E-state index in [4.69, 9.17) is 4.74 Å². The van der Waals surface area contributed by atoms with Crippen LogP contribution in [0.5, 0.6) is 5.75 Å². The number of benzene rings is 2. The lowest BCUT2D eigenvalue weighted by molar-refractivity contribution is 0.0957. The summed E-state index contributed by atoms with van der Waals surface area (Å²) < 4.78 is 31.6. The molecule has 0 heterocycles. The number of hydrogen-bond acceptors (Lipinski definition) is 2. The summed E-state index contributed by atoms with van der Waals surface area (Å²) in [4.78, 5) is 11.7. The fourth-order valence-corrected chi connectivity index (χ4v) is 1.62. The number of halogens is 2. The molecule has 19 heavy (non-hydrogen) atoms. The lowest BCUT2D eigenvalue weighted by atomic mass is 10.1. The van der Waals surface area contributed by atoms with Gasteiger partial charge in [-0.25, -0.2) is 8.78 Å². The molecular weight excluding hydrogens is 250 g/mol. The molecule has 0 aliphatic carbocycles. The summed E-state index contributed by atoms with van der Waals surface area (Å²) in [6.07, 6.45) is -0.00469. The Labute approximate surface area is 109 Å². The Kier molecular flexibility index (Phi) is 4.23. The summed E-state index contributed by atoms with van der Waals surface area (Å²) in [7, 11) is 0. The summed E-state index contributed by atoms with van der Waals surface area (Å²) in [5.74, 6) is -1.19. The van der Waals surface area contributed by atoms with E-state index < -0.39 is 17.4 Å². The maximum Gasteiger partial charge on any atom is 0.169 e. The van der Waals surface area contributed by atoms with Crippen molar-refractivity contribution in [2.75, 3.05) is 6.61 Å². The molecule has 0 radical (unpaired) electrons. The van der Waals surface area contributed by atoms with Crippen LogP contribution in [0.2, 0.25) is 0 Å². The second kappa shape index (κ2) is 6.09. The van der Waals surface area contributed by atoms with Crippen molar-refractivity contribution < 1.29 is 18.3 Å². The molecule has 2 aromatic carbocycles. The molecule has 2 nitrogen and oxygen atoms in total. The zero-order valence-corrected chi connectivity index (χ0v) is 10.1. The molecule has 0 aliphatic rings. The number of hydrogen-bond donors (Lipinski definition) is 0. The van der Waals surface area contributed by atoms with Crippen LogP contribution >= 0.6 is 0 Å². The van der Waals surface area contributed by atoms with Crippen LogP contribution in [0.25, 0.3) is 0 Å². The van der Waals surface area contributed by atoms with Gasteiger partial charge in [-0.1, -0.05) is 18.2 Å². The topological polar surface area (TPSA) is 26.3 Å². The van der Waals surface area contributed by atoms with Crippen LogP contribution in [0.3, 0.4) is 0 Å². The molecule has 0 fully saturated rings. The van der Waals surface area contributed by atoms with Gasteiger partial charge in [-0.3, -0.25) is 4.79 Å². The van der Waals surface area contributed by atoms with Crippen LogP contribution < -0.4 is 4.74 Å². The number of ketones is 1. The molecule has 0 aromatic heterocycles. The van der Waals surface area contributed by atoms with Crippen molar-refractivity contribution >= 4 is 5.78 Å². The standard InChI is InChI=1S/C15H12F2O2/c16-11-6-7-14(17)13(10-11)15(18)8-9-19-12-4-2-1-3-5-12/h1-7,10H,8-9H2. The molecule has 0 saturated heterocycles. The van der Waals surface area contributed by atoms with Gasteiger partial charge in [0.15, 0.2) is 5.78 Å². The van der Waals surface area contributed by atoms with E-state index in [1.807, 2.05) is 18.2 Å². The van der Waals surface area contributed by atoms with Gasteiger partial charge < -0.3 is 4.74 Å². The maximum atomic E-state index is 13.3. The Morgan fingerprint density at radius 3 is 2.53 bits per heavy atom. The number of Topliss-reactive ketones (excluding diaryl/α,β-unsaturated/α-hetero) is 1. The number of carbonyl (C=O) groups excluding carboxylic acids is 1. The van der Waals surface area contributed by atoms with E-state index in [1.54, 1.807) is 12.1 Å². The minimum atomic E-state index is -0.717. The van der Waals surface area contributed by atoms with Gasteiger partial charge in [-0.15, -0.1) is 0 Å². The van der Waals surface area contributed by atoms with Gasteiger partial charge in [0, 0.05) is 6.42 Å². The molecule has 0 bridgehead atoms. The molecule has 0 aliphatic heterocycles. The molecule has 0 atom stereocenters. The molecule has 0 amide bonds. The Morgan fingerprint density at radius 1 is 1.05 bits per heavy atom. The molecule has 98 valence electrons. The molecule has 2 aromatic rings. The zero-order chi connectivity index (χ0) is 13.7. The molecular formula is C15H12F2O2. The Balaban J connectivity index is 1.93. The number of carbonyl (C=O) groups is 1. The van der Waals surface area contributed by atoms with Gasteiger partial charge in [0.2, 0.25) is 0 Å². The van der Waals surface area contributed by atoms with Crippen molar-refractivity contribution in [3.05, 3.63) is 65.7 Å². The van der Waals surface area contributed by atoms with Crippen molar-refractivity contribution in [3.8, 4) is 5.75 Å². The first-order valence-electron chi connectivity index (χ1n) is 5.83. The highest BCUT2D eigenvalue weighted by molar-refractivity contribution is 5.96.